The lowest BCUT2D eigenvalue weighted by Crippen LogP contribution is -2.55. The first-order valence-electron chi connectivity index (χ1n) is 9.87. The molecule has 0 saturated carbocycles. The van der Waals surface area contributed by atoms with Crippen LogP contribution in [0.2, 0.25) is 0 Å². The summed E-state index contributed by atoms with van der Waals surface area (Å²) in [5.74, 6) is 1.58. The number of benzene rings is 1. The number of carbonyl (C=O) groups is 2. The van der Waals surface area contributed by atoms with E-state index in [4.69, 9.17) is 4.74 Å². The first kappa shape index (κ1) is 21.9. The van der Waals surface area contributed by atoms with Gasteiger partial charge in [0, 0.05) is 38.6 Å². The third-order valence-corrected chi connectivity index (χ3v) is 5.64. The van der Waals surface area contributed by atoms with Crippen LogP contribution in [-0.4, -0.2) is 78.0 Å². The molecular weight excluding hydrogens is 402 g/mol. The Balaban J connectivity index is 1.65. The number of anilines is 1. The minimum absolute atomic E-state index is 0.0547. The minimum Gasteiger partial charge on any atom is -0.496 e. The van der Waals surface area contributed by atoms with E-state index in [9.17, 15) is 9.59 Å². The Bertz CT molecular complexity index is 844. The standard InChI is InChI=1S/C21H27N5O3S/c1-29-18-7-4-3-6-16(18)19(27)24-17(8-15-30-2)20(28)25-11-13-26(14-12-25)21-22-9-5-10-23-21/h3-7,9-10,17H,8,11-15H2,1-2H3,(H,24,27). The number of nitrogens with one attached hydrogen (secondary N) is 1. The van der Waals surface area contributed by atoms with Crippen molar-refractivity contribution in [3.63, 3.8) is 0 Å². The Morgan fingerprint density at radius 2 is 1.83 bits per heavy atom. The van der Waals surface area contributed by atoms with E-state index in [0.717, 1.165) is 5.75 Å². The van der Waals surface area contributed by atoms with Gasteiger partial charge >= 0.3 is 0 Å². The third-order valence-electron chi connectivity index (χ3n) is 4.99. The van der Waals surface area contributed by atoms with Crippen LogP contribution in [0.3, 0.4) is 0 Å². The molecule has 0 bridgehead atoms. The molecule has 0 aliphatic carbocycles. The van der Waals surface area contributed by atoms with Crippen LogP contribution in [0.5, 0.6) is 5.75 Å². The van der Waals surface area contributed by atoms with Gasteiger partial charge in [0.25, 0.3) is 5.91 Å². The van der Waals surface area contributed by atoms with Crippen molar-refractivity contribution in [2.75, 3.05) is 50.2 Å². The Hall–Kier alpha value is -2.81. The van der Waals surface area contributed by atoms with Gasteiger partial charge in [-0.25, -0.2) is 9.97 Å². The zero-order valence-electron chi connectivity index (χ0n) is 17.3. The van der Waals surface area contributed by atoms with Crippen LogP contribution in [0.15, 0.2) is 42.7 Å². The third kappa shape index (κ3) is 5.41. The van der Waals surface area contributed by atoms with E-state index >= 15 is 0 Å². The summed E-state index contributed by atoms with van der Waals surface area (Å²) in [6.07, 6.45) is 5.99. The number of para-hydroxylation sites is 1. The maximum absolute atomic E-state index is 13.2. The summed E-state index contributed by atoms with van der Waals surface area (Å²) in [7, 11) is 1.53. The van der Waals surface area contributed by atoms with Crippen LogP contribution in [0.4, 0.5) is 5.95 Å². The van der Waals surface area contributed by atoms with E-state index in [0.29, 0.717) is 49.9 Å². The van der Waals surface area contributed by atoms with E-state index < -0.39 is 6.04 Å². The SMILES string of the molecule is COc1ccccc1C(=O)NC(CCSC)C(=O)N1CCN(c2ncccn2)CC1. The summed E-state index contributed by atoms with van der Waals surface area (Å²) in [4.78, 5) is 38.4. The molecule has 1 unspecified atom stereocenters. The Morgan fingerprint density at radius 3 is 2.50 bits per heavy atom. The lowest BCUT2D eigenvalue weighted by molar-refractivity contribution is -0.133. The van der Waals surface area contributed by atoms with Crippen LogP contribution < -0.4 is 15.0 Å². The van der Waals surface area contributed by atoms with Crippen molar-refractivity contribution in [2.45, 2.75) is 12.5 Å². The molecule has 9 heteroatoms. The summed E-state index contributed by atoms with van der Waals surface area (Å²) in [6, 6.07) is 8.23. The molecule has 0 spiro atoms. The van der Waals surface area contributed by atoms with Crippen LogP contribution in [0, 0.1) is 0 Å². The number of hydrogen-bond donors (Lipinski definition) is 1. The van der Waals surface area contributed by atoms with Crippen molar-refractivity contribution >= 4 is 29.5 Å². The van der Waals surface area contributed by atoms with Crippen molar-refractivity contribution < 1.29 is 14.3 Å². The highest BCUT2D eigenvalue weighted by molar-refractivity contribution is 7.98. The van der Waals surface area contributed by atoms with E-state index in [-0.39, 0.29) is 11.8 Å². The van der Waals surface area contributed by atoms with Crippen LogP contribution in [0.1, 0.15) is 16.8 Å². The predicted molar refractivity (Wildman–Crippen MR) is 118 cm³/mol. The molecule has 3 rings (SSSR count). The second-order valence-electron chi connectivity index (χ2n) is 6.87. The van der Waals surface area contributed by atoms with Crippen molar-refractivity contribution in [1.82, 2.24) is 20.2 Å². The number of carbonyl (C=O) groups excluding carboxylic acids is 2. The van der Waals surface area contributed by atoms with E-state index in [2.05, 4.69) is 20.2 Å². The van der Waals surface area contributed by atoms with E-state index in [1.165, 1.54) is 7.11 Å². The number of rotatable bonds is 8. The average Bonchev–Trinajstić information content (AvgIpc) is 2.81. The molecule has 1 aromatic carbocycles. The number of amides is 2. The second kappa shape index (κ2) is 10.8. The van der Waals surface area contributed by atoms with Gasteiger partial charge in [-0.15, -0.1) is 0 Å². The van der Waals surface area contributed by atoms with Gasteiger partial charge in [0.2, 0.25) is 11.9 Å². The molecule has 1 N–H and O–H groups in total. The molecule has 1 aromatic heterocycles. The Labute approximate surface area is 181 Å². The molecule has 1 fully saturated rings. The highest BCUT2D eigenvalue weighted by atomic mass is 32.2. The normalized spacial score (nSPS) is 14.9. The highest BCUT2D eigenvalue weighted by Crippen LogP contribution is 2.18. The fourth-order valence-corrected chi connectivity index (χ4v) is 3.83. The molecule has 0 radical (unpaired) electrons. The number of nitrogens with zero attached hydrogens (tertiary/aromatic N) is 4. The molecule has 2 amide bonds. The molecule has 1 aliphatic rings. The lowest BCUT2D eigenvalue weighted by atomic mass is 10.1. The zero-order valence-corrected chi connectivity index (χ0v) is 18.1. The molecule has 2 heterocycles. The lowest BCUT2D eigenvalue weighted by Gasteiger charge is -2.36. The van der Waals surface area contributed by atoms with Gasteiger partial charge in [-0.2, -0.15) is 11.8 Å². The number of aromatic nitrogens is 2. The predicted octanol–water partition coefficient (Wildman–Crippen LogP) is 1.69. The quantitative estimate of drug-likeness (QED) is 0.683. The molecule has 30 heavy (non-hydrogen) atoms. The molecule has 160 valence electrons. The van der Waals surface area contributed by atoms with E-state index in [1.807, 2.05) is 17.2 Å². The van der Waals surface area contributed by atoms with Gasteiger partial charge in [0.15, 0.2) is 0 Å². The number of ether oxygens (including phenoxy) is 1. The van der Waals surface area contributed by atoms with Gasteiger partial charge in [0.05, 0.1) is 12.7 Å². The molecule has 2 aromatic rings. The summed E-state index contributed by atoms with van der Waals surface area (Å²) < 4.78 is 5.28. The minimum atomic E-state index is -0.575. The topological polar surface area (TPSA) is 87.7 Å². The van der Waals surface area contributed by atoms with Gasteiger partial charge in [0.1, 0.15) is 11.8 Å². The van der Waals surface area contributed by atoms with Gasteiger partial charge < -0.3 is 19.9 Å². The maximum atomic E-state index is 13.2. The number of methoxy groups -OCH3 is 1. The first-order chi connectivity index (χ1) is 14.6. The van der Waals surface area contributed by atoms with Crippen molar-refractivity contribution in [3.8, 4) is 5.75 Å². The van der Waals surface area contributed by atoms with Crippen LogP contribution in [0.25, 0.3) is 0 Å². The summed E-state index contributed by atoms with van der Waals surface area (Å²) in [6.45, 7) is 2.45. The van der Waals surface area contributed by atoms with Gasteiger partial charge in [-0.05, 0) is 36.6 Å². The summed E-state index contributed by atoms with van der Waals surface area (Å²) >= 11 is 1.65. The number of hydrogen-bond acceptors (Lipinski definition) is 7. The first-order valence-corrected chi connectivity index (χ1v) is 11.3. The molecule has 8 nitrogen and oxygen atoms in total. The second-order valence-corrected chi connectivity index (χ2v) is 7.85. The molecule has 1 saturated heterocycles. The summed E-state index contributed by atoms with van der Waals surface area (Å²) in [5, 5.41) is 2.92. The monoisotopic (exact) mass is 429 g/mol. The number of piperazine rings is 1. The van der Waals surface area contributed by atoms with Gasteiger partial charge in [-0.3, -0.25) is 9.59 Å². The van der Waals surface area contributed by atoms with Crippen molar-refractivity contribution in [1.29, 1.82) is 0 Å². The van der Waals surface area contributed by atoms with Crippen LogP contribution >= 0.6 is 11.8 Å². The zero-order chi connectivity index (χ0) is 21.3. The largest absolute Gasteiger partial charge is 0.496 e. The molecular formula is C21H27N5O3S. The van der Waals surface area contributed by atoms with Crippen LogP contribution in [-0.2, 0) is 4.79 Å². The van der Waals surface area contributed by atoms with Gasteiger partial charge in [-0.1, -0.05) is 12.1 Å². The fourth-order valence-electron chi connectivity index (χ4n) is 3.36. The van der Waals surface area contributed by atoms with E-state index in [1.54, 1.807) is 48.4 Å². The smallest absolute Gasteiger partial charge is 0.255 e. The Morgan fingerprint density at radius 1 is 1.13 bits per heavy atom. The number of thioether (sulfide) groups is 1. The average molecular weight is 430 g/mol. The summed E-state index contributed by atoms with van der Waals surface area (Å²) in [5.41, 5.74) is 0.424. The molecule has 1 atom stereocenters. The highest BCUT2D eigenvalue weighted by Gasteiger charge is 2.29. The Kier molecular flexibility index (Phi) is 7.89. The maximum Gasteiger partial charge on any atom is 0.255 e. The van der Waals surface area contributed by atoms with Crippen molar-refractivity contribution in [3.05, 3.63) is 48.3 Å². The molecule has 1 aliphatic heterocycles. The van der Waals surface area contributed by atoms with Crippen molar-refractivity contribution in [2.24, 2.45) is 0 Å². The fraction of sp³-hybridized carbons (Fsp3) is 0.429.